The number of anilines is 1. The predicted octanol–water partition coefficient (Wildman–Crippen LogP) is 4.39. The Bertz CT molecular complexity index is 415. The van der Waals surface area contributed by atoms with Gasteiger partial charge in [-0.1, -0.05) is 31.5 Å². The first-order chi connectivity index (χ1) is 9.17. The largest absolute Gasteiger partial charge is 0.369 e. The van der Waals surface area contributed by atoms with Gasteiger partial charge in [0, 0.05) is 29.3 Å². The molecule has 0 aliphatic heterocycles. The van der Waals surface area contributed by atoms with E-state index < -0.39 is 0 Å². The molecular formula is C16H25ClN2. The van der Waals surface area contributed by atoms with Gasteiger partial charge in [0.15, 0.2) is 0 Å². The van der Waals surface area contributed by atoms with E-state index in [1.807, 2.05) is 0 Å². The molecule has 2 nitrogen and oxygen atoms in total. The van der Waals surface area contributed by atoms with E-state index in [0.717, 1.165) is 24.2 Å². The number of hydrogen-bond donors (Lipinski definition) is 1. The summed E-state index contributed by atoms with van der Waals surface area (Å²) in [6.45, 7) is 8.61. The maximum absolute atomic E-state index is 6.46. The molecule has 0 radical (unpaired) electrons. The van der Waals surface area contributed by atoms with E-state index in [1.165, 1.54) is 30.5 Å². The lowest BCUT2D eigenvalue weighted by molar-refractivity contribution is 0.598. The van der Waals surface area contributed by atoms with Crippen molar-refractivity contribution in [1.82, 2.24) is 5.32 Å². The summed E-state index contributed by atoms with van der Waals surface area (Å²) in [5, 5.41) is 4.30. The Kier molecular flexibility index (Phi) is 5.12. The molecule has 1 atom stereocenters. The molecule has 1 fully saturated rings. The highest BCUT2D eigenvalue weighted by molar-refractivity contribution is 6.31. The molecule has 1 aromatic rings. The van der Waals surface area contributed by atoms with Gasteiger partial charge >= 0.3 is 0 Å². The van der Waals surface area contributed by atoms with Crippen LogP contribution in [0.15, 0.2) is 18.2 Å². The van der Waals surface area contributed by atoms with Crippen LogP contribution in [0.3, 0.4) is 0 Å². The van der Waals surface area contributed by atoms with E-state index in [9.17, 15) is 0 Å². The van der Waals surface area contributed by atoms with Gasteiger partial charge in [0.2, 0.25) is 0 Å². The molecule has 0 amide bonds. The minimum atomic E-state index is 0.312. The summed E-state index contributed by atoms with van der Waals surface area (Å²) in [4.78, 5) is 2.51. The number of benzene rings is 1. The quantitative estimate of drug-likeness (QED) is 0.797. The fourth-order valence-corrected chi connectivity index (χ4v) is 2.95. The Morgan fingerprint density at radius 2 is 2.11 bits per heavy atom. The summed E-state index contributed by atoms with van der Waals surface area (Å²) < 4.78 is 0. The molecule has 19 heavy (non-hydrogen) atoms. The Balaban J connectivity index is 2.17. The molecule has 1 N–H and O–H groups in total. The van der Waals surface area contributed by atoms with Crippen LogP contribution in [0.5, 0.6) is 0 Å². The van der Waals surface area contributed by atoms with Gasteiger partial charge in [-0.3, -0.25) is 0 Å². The standard InChI is InChI=1S/C16H25ClN2/c1-4-10-19(13-6-7-13)14-8-9-15(16(17)11-14)12(3)18-5-2/h8-9,11-13,18H,4-7,10H2,1-3H3. The van der Waals surface area contributed by atoms with E-state index in [2.05, 4.69) is 49.2 Å². The first-order valence-electron chi connectivity index (χ1n) is 7.46. The number of nitrogens with one attached hydrogen (secondary N) is 1. The summed E-state index contributed by atoms with van der Waals surface area (Å²) >= 11 is 6.46. The van der Waals surface area contributed by atoms with Crippen LogP contribution in [0.1, 0.15) is 51.6 Å². The van der Waals surface area contributed by atoms with Gasteiger partial charge in [-0.15, -0.1) is 0 Å². The lowest BCUT2D eigenvalue weighted by atomic mass is 10.1. The van der Waals surface area contributed by atoms with Gasteiger partial charge in [0.25, 0.3) is 0 Å². The molecule has 106 valence electrons. The zero-order chi connectivity index (χ0) is 13.8. The highest BCUT2D eigenvalue weighted by atomic mass is 35.5. The first kappa shape index (κ1) is 14.7. The van der Waals surface area contributed by atoms with Gasteiger partial charge in [0.1, 0.15) is 0 Å². The average Bonchev–Trinajstić information content (AvgIpc) is 3.20. The number of halogens is 1. The Morgan fingerprint density at radius 3 is 2.63 bits per heavy atom. The lowest BCUT2D eigenvalue weighted by Crippen LogP contribution is -2.26. The van der Waals surface area contributed by atoms with Crippen molar-refractivity contribution in [2.24, 2.45) is 0 Å². The first-order valence-corrected chi connectivity index (χ1v) is 7.84. The van der Waals surface area contributed by atoms with E-state index >= 15 is 0 Å². The van der Waals surface area contributed by atoms with Crippen LogP contribution in [0.2, 0.25) is 5.02 Å². The summed E-state index contributed by atoms with van der Waals surface area (Å²) in [6, 6.07) is 7.60. The molecule has 1 aliphatic carbocycles. The van der Waals surface area contributed by atoms with E-state index in [0.29, 0.717) is 6.04 Å². The van der Waals surface area contributed by atoms with Crippen LogP contribution in [0.25, 0.3) is 0 Å². The van der Waals surface area contributed by atoms with Crippen molar-refractivity contribution in [2.45, 2.75) is 52.1 Å². The van der Waals surface area contributed by atoms with Gasteiger partial charge < -0.3 is 10.2 Å². The summed E-state index contributed by atoms with van der Waals surface area (Å²) in [5.41, 5.74) is 2.47. The van der Waals surface area contributed by atoms with Crippen molar-refractivity contribution in [3.8, 4) is 0 Å². The van der Waals surface area contributed by atoms with Gasteiger partial charge in [-0.05, 0) is 50.4 Å². The highest BCUT2D eigenvalue weighted by Gasteiger charge is 2.28. The zero-order valence-corrected chi connectivity index (χ0v) is 13.0. The predicted molar refractivity (Wildman–Crippen MR) is 84.2 cm³/mol. The summed E-state index contributed by atoms with van der Waals surface area (Å²) in [6.07, 6.45) is 3.84. The summed E-state index contributed by atoms with van der Waals surface area (Å²) in [5.74, 6) is 0. The smallest absolute Gasteiger partial charge is 0.0474 e. The fourth-order valence-electron chi connectivity index (χ4n) is 2.61. The van der Waals surface area contributed by atoms with Crippen molar-refractivity contribution in [3.63, 3.8) is 0 Å². The number of rotatable bonds is 7. The monoisotopic (exact) mass is 280 g/mol. The Morgan fingerprint density at radius 1 is 1.37 bits per heavy atom. The molecule has 0 heterocycles. The topological polar surface area (TPSA) is 15.3 Å². The van der Waals surface area contributed by atoms with Crippen LogP contribution < -0.4 is 10.2 Å². The fraction of sp³-hybridized carbons (Fsp3) is 0.625. The Hall–Kier alpha value is -0.730. The zero-order valence-electron chi connectivity index (χ0n) is 12.2. The van der Waals surface area contributed by atoms with Crippen LogP contribution in [-0.4, -0.2) is 19.1 Å². The van der Waals surface area contributed by atoms with Crippen molar-refractivity contribution in [1.29, 1.82) is 0 Å². The molecule has 1 aromatic carbocycles. The van der Waals surface area contributed by atoms with Crippen molar-refractivity contribution in [3.05, 3.63) is 28.8 Å². The van der Waals surface area contributed by atoms with Crippen LogP contribution in [-0.2, 0) is 0 Å². The van der Waals surface area contributed by atoms with Crippen LogP contribution in [0, 0.1) is 0 Å². The van der Waals surface area contributed by atoms with Crippen molar-refractivity contribution in [2.75, 3.05) is 18.0 Å². The molecule has 1 saturated carbocycles. The van der Waals surface area contributed by atoms with Crippen LogP contribution in [0.4, 0.5) is 5.69 Å². The second kappa shape index (κ2) is 6.62. The third-order valence-electron chi connectivity index (χ3n) is 3.74. The molecule has 1 unspecified atom stereocenters. The molecular weight excluding hydrogens is 256 g/mol. The molecule has 2 rings (SSSR count). The molecule has 0 spiro atoms. The Labute approximate surface area is 122 Å². The minimum absolute atomic E-state index is 0.312. The second-order valence-corrected chi connectivity index (χ2v) is 5.82. The van der Waals surface area contributed by atoms with Crippen LogP contribution >= 0.6 is 11.6 Å². The highest BCUT2D eigenvalue weighted by Crippen LogP contribution is 2.34. The van der Waals surface area contributed by atoms with E-state index in [4.69, 9.17) is 11.6 Å². The lowest BCUT2D eigenvalue weighted by Gasteiger charge is -2.25. The third kappa shape index (κ3) is 3.64. The summed E-state index contributed by atoms with van der Waals surface area (Å²) in [7, 11) is 0. The average molecular weight is 281 g/mol. The molecule has 0 aromatic heterocycles. The minimum Gasteiger partial charge on any atom is -0.369 e. The third-order valence-corrected chi connectivity index (χ3v) is 4.07. The van der Waals surface area contributed by atoms with Gasteiger partial charge in [0.05, 0.1) is 0 Å². The van der Waals surface area contributed by atoms with Crippen molar-refractivity contribution >= 4 is 17.3 Å². The van der Waals surface area contributed by atoms with Crippen molar-refractivity contribution < 1.29 is 0 Å². The molecule has 0 saturated heterocycles. The molecule has 0 bridgehead atoms. The maximum Gasteiger partial charge on any atom is 0.0474 e. The SMILES string of the molecule is CCCN(c1ccc(C(C)NCC)c(Cl)c1)C1CC1. The maximum atomic E-state index is 6.46. The van der Waals surface area contributed by atoms with E-state index in [1.54, 1.807) is 0 Å². The normalized spacial score (nSPS) is 16.4. The second-order valence-electron chi connectivity index (χ2n) is 5.41. The molecule has 1 aliphatic rings. The number of hydrogen-bond acceptors (Lipinski definition) is 2. The number of nitrogens with zero attached hydrogens (tertiary/aromatic N) is 1. The molecule has 3 heteroatoms. The van der Waals surface area contributed by atoms with E-state index in [-0.39, 0.29) is 0 Å². The van der Waals surface area contributed by atoms with Gasteiger partial charge in [-0.25, -0.2) is 0 Å². The van der Waals surface area contributed by atoms with Gasteiger partial charge in [-0.2, -0.15) is 0 Å².